The molecule has 20 heavy (non-hydrogen) atoms. The van der Waals surface area contributed by atoms with Crippen molar-refractivity contribution in [2.45, 2.75) is 44.7 Å². The van der Waals surface area contributed by atoms with E-state index in [2.05, 4.69) is 0 Å². The SMILES string of the molecule is CCC1(C(=O)O)CCCN1C(C)c1cc(O)ccc1O. The van der Waals surface area contributed by atoms with E-state index in [1.165, 1.54) is 18.2 Å². The molecule has 0 saturated carbocycles. The maximum Gasteiger partial charge on any atom is 0.324 e. The summed E-state index contributed by atoms with van der Waals surface area (Å²) in [5.74, 6) is -0.664. The van der Waals surface area contributed by atoms with Gasteiger partial charge in [0.2, 0.25) is 0 Å². The number of aromatic hydroxyl groups is 2. The second kappa shape index (κ2) is 5.32. The van der Waals surface area contributed by atoms with Crippen LogP contribution in [-0.2, 0) is 4.79 Å². The molecule has 2 atom stereocenters. The van der Waals surface area contributed by atoms with Gasteiger partial charge in [-0.25, -0.2) is 0 Å². The second-order valence-corrected chi connectivity index (χ2v) is 5.41. The van der Waals surface area contributed by atoms with Gasteiger partial charge >= 0.3 is 5.97 Å². The molecule has 2 unspecified atom stereocenters. The Balaban J connectivity index is 2.39. The summed E-state index contributed by atoms with van der Waals surface area (Å²) in [4.78, 5) is 13.6. The van der Waals surface area contributed by atoms with Crippen LogP contribution in [0.3, 0.4) is 0 Å². The molecule has 5 nitrogen and oxygen atoms in total. The van der Waals surface area contributed by atoms with Crippen molar-refractivity contribution in [2.75, 3.05) is 6.54 Å². The van der Waals surface area contributed by atoms with Gasteiger partial charge < -0.3 is 15.3 Å². The van der Waals surface area contributed by atoms with E-state index in [1.807, 2.05) is 18.7 Å². The van der Waals surface area contributed by atoms with Crippen LogP contribution in [0.4, 0.5) is 0 Å². The largest absolute Gasteiger partial charge is 0.508 e. The van der Waals surface area contributed by atoms with Crippen molar-refractivity contribution < 1.29 is 20.1 Å². The van der Waals surface area contributed by atoms with E-state index in [0.29, 0.717) is 24.9 Å². The number of phenolic OH excluding ortho intramolecular Hbond substituents is 2. The Morgan fingerprint density at radius 2 is 2.15 bits per heavy atom. The van der Waals surface area contributed by atoms with Crippen molar-refractivity contribution in [2.24, 2.45) is 0 Å². The molecule has 0 bridgehead atoms. The molecular formula is C15H21NO4. The highest BCUT2D eigenvalue weighted by molar-refractivity contribution is 5.79. The lowest BCUT2D eigenvalue weighted by atomic mass is 9.90. The van der Waals surface area contributed by atoms with Crippen molar-refractivity contribution >= 4 is 5.97 Å². The van der Waals surface area contributed by atoms with Crippen LogP contribution in [0.25, 0.3) is 0 Å². The number of aliphatic carboxylic acids is 1. The Labute approximate surface area is 118 Å². The Bertz CT molecular complexity index is 517. The van der Waals surface area contributed by atoms with Crippen LogP contribution in [0, 0.1) is 0 Å². The standard InChI is InChI=1S/C15H21NO4/c1-3-15(14(19)20)7-4-8-16(15)10(2)12-9-11(17)5-6-13(12)18/h5-6,9-10,17-18H,3-4,7-8H2,1-2H3,(H,19,20). The molecule has 0 aliphatic carbocycles. The van der Waals surface area contributed by atoms with Gasteiger partial charge in [-0.15, -0.1) is 0 Å². The average Bonchev–Trinajstić information content (AvgIpc) is 2.85. The third kappa shape index (κ3) is 2.22. The van der Waals surface area contributed by atoms with Crippen LogP contribution >= 0.6 is 0 Å². The number of carboxylic acids is 1. The van der Waals surface area contributed by atoms with Crippen molar-refractivity contribution in [3.8, 4) is 11.5 Å². The van der Waals surface area contributed by atoms with Gasteiger partial charge in [0, 0.05) is 11.6 Å². The maximum absolute atomic E-state index is 11.7. The molecule has 1 aliphatic rings. The van der Waals surface area contributed by atoms with E-state index in [1.54, 1.807) is 0 Å². The van der Waals surface area contributed by atoms with Gasteiger partial charge in [-0.3, -0.25) is 9.69 Å². The molecule has 1 saturated heterocycles. The first-order chi connectivity index (χ1) is 9.42. The Morgan fingerprint density at radius 1 is 1.45 bits per heavy atom. The Morgan fingerprint density at radius 3 is 2.75 bits per heavy atom. The summed E-state index contributed by atoms with van der Waals surface area (Å²) in [5, 5.41) is 29.1. The highest BCUT2D eigenvalue weighted by Crippen LogP contribution is 2.41. The topological polar surface area (TPSA) is 81.0 Å². The first-order valence-electron chi connectivity index (χ1n) is 6.94. The number of phenols is 2. The first-order valence-corrected chi connectivity index (χ1v) is 6.94. The van der Waals surface area contributed by atoms with Gasteiger partial charge in [0.1, 0.15) is 17.0 Å². The monoisotopic (exact) mass is 279 g/mol. The van der Waals surface area contributed by atoms with E-state index >= 15 is 0 Å². The van der Waals surface area contributed by atoms with Gasteiger partial charge in [0.25, 0.3) is 0 Å². The van der Waals surface area contributed by atoms with Crippen LogP contribution in [-0.4, -0.2) is 38.3 Å². The van der Waals surface area contributed by atoms with Gasteiger partial charge in [-0.1, -0.05) is 6.92 Å². The minimum absolute atomic E-state index is 0.0706. The fourth-order valence-electron chi connectivity index (χ4n) is 3.27. The highest BCUT2D eigenvalue weighted by Gasteiger charge is 2.48. The van der Waals surface area contributed by atoms with E-state index in [4.69, 9.17) is 0 Å². The maximum atomic E-state index is 11.7. The lowest BCUT2D eigenvalue weighted by Gasteiger charge is -2.38. The van der Waals surface area contributed by atoms with Crippen molar-refractivity contribution in [3.63, 3.8) is 0 Å². The molecule has 5 heteroatoms. The molecular weight excluding hydrogens is 258 g/mol. The molecule has 1 aromatic rings. The number of hydrogen-bond donors (Lipinski definition) is 3. The molecule has 0 spiro atoms. The molecule has 2 rings (SSSR count). The zero-order chi connectivity index (χ0) is 14.9. The predicted molar refractivity (Wildman–Crippen MR) is 74.8 cm³/mol. The quantitative estimate of drug-likeness (QED) is 0.738. The summed E-state index contributed by atoms with van der Waals surface area (Å²) in [6, 6.07) is 4.09. The smallest absolute Gasteiger partial charge is 0.324 e. The van der Waals surface area contributed by atoms with Gasteiger partial charge in [0.05, 0.1) is 0 Å². The zero-order valence-electron chi connectivity index (χ0n) is 11.8. The molecule has 1 fully saturated rings. The van der Waals surface area contributed by atoms with Crippen LogP contribution in [0.1, 0.15) is 44.7 Å². The lowest BCUT2D eigenvalue weighted by molar-refractivity contribution is -0.151. The van der Waals surface area contributed by atoms with Crippen molar-refractivity contribution in [1.82, 2.24) is 4.90 Å². The van der Waals surface area contributed by atoms with Crippen molar-refractivity contribution in [1.29, 1.82) is 0 Å². The second-order valence-electron chi connectivity index (χ2n) is 5.41. The van der Waals surface area contributed by atoms with E-state index in [-0.39, 0.29) is 17.5 Å². The number of nitrogens with zero attached hydrogens (tertiary/aromatic N) is 1. The number of likely N-dealkylation sites (tertiary alicyclic amines) is 1. The summed E-state index contributed by atoms with van der Waals surface area (Å²) in [6.45, 7) is 4.42. The molecule has 1 aromatic carbocycles. The molecule has 1 aliphatic heterocycles. The summed E-state index contributed by atoms with van der Waals surface area (Å²) < 4.78 is 0. The Hall–Kier alpha value is -1.75. The number of rotatable bonds is 4. The van der Waals surface area contributed by atoms with Gasteiger partial charge in [-0.2, -0.15) is 0 Å². The highest BCUT2D eigenvalue weighted by atomic mass is 16.4. The summed E-state index contributed by atoms with van der Waals surface area (Å²) in [5.41, 5.74) is -0.317. The van der Waals surface area contributed by atoms with Crippen molar-refractivity contribution in [3.05, 3.63) is 23.8 Å². The van der Waals surface area contributed by atoms with Crippen LogP contribution in [0.5, 0.6) is 11.5 Å². The summed E-state index contributed by atoms with van der Waals surface area (Å²) in [6.07, 6.45) is 1.96. The minimum atomic E-state index is -0.878. The normalized spacial score (nSPS) is 24.7. The van der Waals surface area contributed by atoms with E-state index in [9.17, 15) is 20.1 Å². The van der Waals surface area contributed by atoms with Gasteiger partial charge in [0.15, 0.2) is 0 Å². The predicted octanol–water partition coefficient (Wildman–Crippen LogP) is 2.49. The minimum Gasteiger partial charge on any atom is -0.508 e. The number of hydrogen-bond acceptors (Lipinski definition) is 4. The van der Waals surface area contributed by atoms with E-state index in [0.717, 1.165) is 6.42 Å². The molecule has 0 aromatic heterocycles. The summed E-state index contributed by atoms with van der Waals surface area (Å²) in [7, 11) is 0. The zero-order valence-corrected chi connectivity index (χ0v) is 11.8. The summed E-state index contributed by atoms with van der Waals surface area (Å²) >= 11 is 0. The molecule has 0 amide bonds. The molecule has 0 radical (unpaired) electrons. The fourth-order valence-corrected chi connectivity index (χ4v) is 3.27. The first kappa shape index (κ1) is 14.7. The molecule has 110 valence electrons. The third-order valence-electron chi connectivity index (χ3n) is 4.45. The fraction of sp³-hybridized carbons (Fsp3) is 0.533. The van der Waals surface area contributed by atoms with Gasteiger partial charge in [-0.05, 0) is 50.9 Å². The van der Waals surface area contributed by atoms with Crippen LogP contribution in [0.2, 0.25) is 0 Å². The molecule has 3 N–H and O–H groups in total. The lowest BCUT2D eigenvalue weighted by Crippen LogP contribution is -2.50. The Kier molecular flexibility index (Phi) is 3.90. The van der Waals surface area contributed by atoms with E-state index < -0.39 is 11.5 Å². The number of carboxylic acid groups (broad SMARTS) is 1. The third-order valence-corrected chi connectivity index (χ3v) is 4.45. The number of benzene rings is 1. The average molecular weight is 279 g/mol. The number of carbonyl (C=O) groups is 1. The van der Waals surface area contributed by atoms with Crippen LogP contribution in [0.15, 0.2) is 18.2 Å². The molecule has 1 heterocycles. The van der Waals surface area contributed by atoms with Crippen LogP contribution < -0.4 is 0 Å².